The van der Waals surface area contributed by atoms with E-state index in [9.17, 15) is 23.2 Å². The summed E-state index contributed by atoms with van der Waals surface area (Å²) in [5.74, 6) is -0.0230. The zero-order valence-corrected chi connectivity index (χ0v) is 17.9. The van der Waals surface area contributed by atoms with Crippen LogP contribution in [0, 0.1) is 11.3 Å². The number of anilines is 1. The summed E-state index contributed by atoms with van der Waals surface area (Å²) in [5, 5.41) is 9.23. The lowest BCUT2D eigenvalue weighted by Gasteiger charge is -2.37. The Morgan fingerprint density at radius 1 is 1.09 bits per heavy atom. The average molecular weight is 448 g/mol. The maximum Gasteiger partial charge on any atom is 0.416 e. The molecular formula is C22H23F3N4O3. The summed E-state index contributed by atoms with van der Waals surface area (Å²) in [5.41, 5.74) is -0.595. The molecule has 170 valence electrons. The van der Waals surface area contributed by atoms with Gasteiger partial charge in [-0.05, 0) is 39.0 Å². The molecule has 32 heavy (non-hydrogen) atoms. The van der Waals surface area contributed by atoms with E-state index in [1.807, 2.05) is 11.0 Å². The molecule has 1 aliphatic heterocycles. The monoisotopic (exact) mass is 448 g/mol. The number of piperazine rings is 1. The highest BCUT2D eigenvalue weighted by Gasteiger charge is 2.31. The third-order valence-electron chi connectivity index (χ3n) is 4.64. The number of nitrogens with zero attached hydrogens (tertiary/aromatic N) is 4. The molecule has 7 nitrogen and oxygen atoms in total. The van der Waals surface area contributed by atoms with E-state index in [1.165, 1.54) is 6.07 Å². The van der Waals surface area contributed by atoms with Gasteiger partial charge < -0.3 is 19.3 Å². The summed E-state index contributed by atoms with van der Waals surface area (Å²) in [4.78, 5) is 19.7. The fourth-order valence-electron chi connectivity index (χ4n) is 3.14. The normalized spacial score (nSPS) is 14.7. The van der Waals surface area contributed by atoms with Gasteiger partial charge in [-0.2, -0.15) is 18.4 Å². The summed E-state index contributed by atoms with van der Waals surface area (Å²) in [6.45, 7) is 7.09. The minimum absolute atomic E-state index is 0.210. The molecule has 0 aliphatic carbocycles. The molecule has 0 atom stereocenters. The molecule has 0 radical (unpaired) electrons. The van der Waals surface area contributed by atoms with Gasteiger partial charge in [0.15, 0.2) is 5.75 Å². The van der Waals surface area contributed by atoms with Gasteiger partial charge in [-0.1, -0.05) is 0 Å². The zero-order valence-electron chi connectivity index (χ0n) is 17.9. The molecule has 1 saturated heterocycles. The van der Waals surface area contributed by atoms with Crippen molar-refractivity contribution in [1.29, 1.82) is 5.26 Å². The van der Waals surface area contributed by atoms with Crippen LogP contribution >= 0.6 is 0 Å². The number of alkyl halides is 3. The van der Waals surface area contributed by atoms with Crippen LogP contribution in [0.15, 0.2) is 36.5 Å². The third kappa shape index (κ3) is 5.81. The number of carbonyl (C=O) groups is 1. The van der Waals surface area contributed by atoms with Gasteiger partial charge >= 0.3 is 12.3 Å². The van der Waals surface area contributed by atoms with E-state index in [0.29, 0.717) is 37.4 Å². The number of nitriles is 1. The van der Waals surface area contributed by atoms with Crippen LogP contribution in [0.25, 0.3) is 0 Å². The Balaban J connectivity index is 1.79. The van der Waals surface area contributed by atoms with Gasteiger partial charge in [-0.15, -0.1) is 0 Å². The predicted molar refractivity (Wildman–Crippen MR) is 110 cm³/mol. The van der Waals surface area contributed by atoms with Crippen LogP contribution in [-0.2, 0) is 10.9 Å². The van der Waals surface area contributed by atoms with Crippen LogP contribution in [0.2, 0.25) is 0 Å². The van der Waals surface area contributed by atoms with Gasteiger partial charge in [-0.25, -0.2) is 9.78 Å². The van der Waals surface area contributed by atoms with E-state index in [2.05, 4.69) is 4.98 Å². The van der Waals surface area contributed by atoms with Crippen molar-refractivity contribution in [3.63, 3.8) is 0 Å². The summed E-state index contributed by atoms with van der Waals surface area (Å²) < 4.78 is 50.1. The number of hydrogen-bond donors (Lipinski definition) is 0. The van der Waals surface area contributed by atoms with Crippen molar-refractivity contribution in [3.05, 3.63) is 47.7 Å². The Kier molecular flexibility index (Phi) is 6.48. The van der Waals surface area contributed by atoms with E-state index in [-0.39, 0.29) is 11.6 Å². The fourth-order valence-corrected chi connectivity index (χ4v) is 3.14. The molecule has 0 unspecified atom stereocenters. The lowest BCUT2D eigenvalue weighted by molar-refractivity contribution is -0.137. The summed E-state index contributed by atoms with van der Waals surface area (Å²) in [6.07, 6.45) is -3.91. The van der Waals surface area contributed by atoms with E-state index in [4.69, 9.17) is 9.47 Å². The molecule has 0 bridgehead atoms. The number of rotatable bonds is 3. The minimum atomic E-state index is -4.53. The molecule has 0 N–H and O–H groups in total. The Morgan fingerprint density at radius 2 is 1.78 bits per heavy atom. The Bertz CT molecular complexity index is 1020. The van der Waals surface area contributed by atoms with Gasteiger partial charge in [0.2, 0.25) is 5.88 Å². The van der Waals surface area contributed by atoms with Crippen molar-refractivity contribution in [2.75, 3.05) is 31.1 Å². The van der Waals surface area contributed by atoms with E-state index >= 15 is 0 Å². The van der Waals surface area contributed by atoms with Crippen LogP contribution in [0.4, 0.5) is 23.7 Å². The molecule has 10 heteroatoms. The molecule has 1 amide bonds. The molecule has 2 heterocycles. The SMILES string of the molecule is CC(C)(C)OC(=O)N1CCN(c2ccc(C#N)cc2Oc2cc(C(F)(F)F)ccn2)CC1. The molecule has 3 rings (SSSR count). The highest BCUT2D eigenvalue weighted by Crippen LogP contribution is 2.36. The van der Waals surface area contributed by atoms with Gasteiger partial charge in [-0.3, -0.25) is 0 Å². The number of hydrogen-bond acceptors (Lipinski definition) is 6. The highest BCUT2D eigenvalue weighted by atomic mass is 19.4. The number of benzene rings is 1. The lowest BCUT2D eigenvalue weighted by Crippen LogP contribution is -2.50. The smallest absolute Gasteiger partial charge is 0.416 e. The molecule has 2 aromatic rings. The Labute approximate surface area is 184 Å². The predicted octanol–water partition coefficient (Wildman–Crippen LogP) is 4.82. The van der Waals surface area contributed by atoms with Crippen LogP contribution in [0.5, 0.6) is 11.6 Å². The van der Waals surface area contributed by atoms with Gasteiger partial charge in [0.05, 0.1) is 22.9 Å². The largest absolute Gasteiger partial charge is 0.444 e. The second-order valence-electron chi connectivity index (χ2n) is 8.23. The van der Waals surface area contributed by atoms with Gasteiger partial charge in [0.1, 0.15) is 5.60 Å². The molecule has 0 saturated carbocycles. The third-order valence-corrected chi connectivity index (χ3v) is 4.64. The maximum absolute atomic E-state index is 13.0. The van der Waals surface area contributed by atoms with Crippen molar-refractivity contribution in [3.8, 4) is 17.7 Å². The number of carbonyl (C=O) groups excluding carboxylic acids is 1. The van der Waals surface area contributed by atoms with Crippen LogP contribution in [0.3, 0.4) is 0 Å². The zero-order chi connectivity index (χ0) is 23.5. The van der Waals surface area contributed by atoms with Crippen molar-refractivity contribution in [2.45, 2.75) is 32.5 Å². The number of amides is 1. The Hall–Kier alpha value is -3.48. The number of ether oxygens (including phenoxy) is 2. The van der Waals surface area contributed by atoms with E-state index in [0.717, 1.165) is 18.3 Å². The van der Waals surface area contributed by atoms with Crippen molar-refractivity contribution in [1.82, 2.24) is 9.88 Å². The first kappa shape index (κ1) is 23.2. The van der Waals surface area contributed by atoms with Crippen LogP contribution in [-0.4, -0.2) is 47.8 Å². The number of pyridine rings is 1. The summed E-state index contributed by atoms with van der Waals surface area (Å²) in [6, 6.07) is 8.39. The van der Waals surface area contributed by atoms with Crippen LogP contribution in [0.1, 0.15) is 31.9 Å². The molecule has 1 fully saturated rings. The highest BCUT2D eigenvalue weighted by molar-refractivity contribution is 5.69. The number of aromatic nitrogens is 1. The molecule has 1 aromatic carbocycles. The first-order valence-corrected chi connectivity index (χ1v) is 9.94. The number of halogens is 3. The Morgan fingerprint density at radius 3 is 2.38 bits per heavy atom. The average Bonchev–Trinajstić information content (AvgIpc) is 2.72. The summed E-state index contributed by atoms with van der Waals surface area (Å²) >= 11 is 0. The second kappa shape index (κ2) is 8.94. The van der Waals surface area contributed by atoms with Crippen molar-refractivity contribution >= 4 is 11.8 Å². The molecular weight excluding hydrogens is 425 g/mol. The minimum Gasteiger partial charge on any atom is -0.444 e. The van der Waals surface area contributed by atoms with Gasteiger partial charge in [0.25, 0.3) is 0 Å². The first-order chi connectivity index (χ1) is 15.0. The molecule has 1 aromatic heterocycles. The second-order valence-corrected chi connectivity index (χ2v) is 8.23. The fraction of sp³-hybridized carbons (Fsp3) is 0.409. The molecule has 1 aliphatic rings. The first-order valence-electron chi connectivity index (χ1n) is 9.94. The van der Waals surface area contributed by atoms with E-state index in [1.54, 1.807) is 37.8 Å². The van der Waals surface area contributed by atoms with E-state index < -0.39 is 23.4 Å². The van der Waals surface area contributed by atoms with Crippen LogP contribution < -0.4 is 9.64 Å². The van der Waals surface area contributed by atoms with Crippen molar-refractivity contribution in [2.24, 2.45) is 0 Å². The lowest BCUT2D eigenvalue weighted by atomic mass is 10.1. The van der Waals surface area contributed by atoms with Gasteiger partial charge in [0, 0.05) is 44.5 Å². The molecule has 0 spiro atoms. The quantitative estimate of drug-likeness (QED) is 0.670. The van der Waals surface area contributed by atoms with Crippen molar-refractivity contribution < 1.29 is 27.4 Å². The topological polar surface area (TPSA) is 78.7 Å². The maximum atomic E-state index is 13.0. The summed E-state index contributed by atoms with van der Waals surface area (Å²) in [7, 11) is 0. The standard InChI is InChI=1S/C22H23F3N4O3/c1-21(2,3)32-20(30)29-10-8-28(9-11-29)17-5-4-15(14-26)12-18(17)31-19-13-16(6-7-27-19)22(23,24)25/h4-7,12-13H,8-11H2,1-3H3.